The number of carbonyl (C=O) groups excluding carboxylic acids is 4. The Hall–Kier alpha value is -7.40. The van der Waals surface area contributed by atoms with Crippen molar-refractivity contribution < 1.29 is 55.0 Å². The Morgan fingerprint density at radius 2 is 1.09 bits per heavy atom. The van der Waals surface area contributed by atoms with Gasteiger partial charge >= 0.3 is 12.2 Å². The molecule has 0 bridgehead atoms. The molecule has 3 amide bonds. The van der Waals surface area contributed by atoms with E-state index in [4.69, 9.17) is 21.3 Å². The van der Waals surface area contributed by atoms with Crippen LogP contribution in [0.1, 0.15) is 83.0 Å². The molecule has 4 aromatic carbocycles. The van der Waals surface area contributed by atoms with E-state index in [9.17, 15) is 45.5 Å². The second kappa shape index (κ2) is 27.6. The fraction of sp³-hybridized carbons (Fsp3) is 0.196. The predicted molar refractivity (Wildman–Crippen MR) is 270 cm³/mol. The van der Waals surface area contributed by atoms with Crippen LogP contribution in [0.25, 0.3) is 0 Å². The number of carbonyl (C=O) groups is 4. The molecule has 23 heteroatoms. The van der Waals surface area contributed by atoms with Crippen LogP contribution in [0.5, 0.6) is 0 Å². The zero-order valence-electron chi connectivity index (χ0n) is 37.2. The maximum Gasteiger partial charge on any atom is 0.419 e. The highest BCUT2D eigenvalue weighted by Crippen LogP contribution is 2.42. The highest BCUT2D eigenvalue weighted by atomic mass is 35.5. The molecule has 7 aromatic rings. The number of thioether (sulfide) groups is 2. The SMILES string of the molecule is C.C.O=C(NC1CCSc2c(C(=O)Nc3ccc(F)c(F)c3)ccc(F)c21)OCc1ccccn1.O=C(Nc1ccc(F)c(F)c1)c1ccc(F)c2c1SCCC2NCl.O=C(OCc1ccccn1)n1ccnc1. The van der Waals surface area contributed by atoms with Crippen LogP contribution in [0, 0.1) is 34.9 Å². The Kier molecular flexibility index (Phi) is 21.4. The number of fused-ring (bicyclic) bond motifs is 2. The van der Waals surface area contributed by atoms with Crippen molar-refractivity contribution in [3.05, 3.63) is 197 Å². The van der Waals surface area contributed by atoms with Gasteiger partial charge in [0.1, 0.15) is 31.2 Å². The molecule has 2 atom stereocenters. The van der Waals surface area contributed by atoms with E-state index in [0.29, 0.717) is 51.1 Å². The molecule has 4 N–H and O–H groups in total. The number of hydrogen-bond donors (Lipinski definition) is 4. The Balaban J connectivity index is 0.000000217. The Bertz CT molecular complexity index is 3040. The zero-order valence-corrected chi connectivity index (χ0v) is 39.6. The Morgan fingerprint density at radius 3 is 1.55 bits per heavy atom. The van der Waals surface area contributed by atoms with Gasteiger partial charge in [0.05, 0.1) is 34.6 Å². The van der Waals surface area contributed by atoms with Crippen molar-refractivity contribution >= 4 is 70.7 Å². The van der Waals surface area contributed by atoms with Crippen LogP contribution in [0.2, 0.25) is 0 Å². The average Bonchev–Trinajstić information content (AvgIpc) is 3.94. The minimum absolute atomic E-state index is 0. The zero-order chi connectivity index (χ0) is 51.1. The van der Waals surface area contributed by atoms with Gasteiger partial charge < -0.3 is 25.4 Å². The Morgan fingerprint density at radius 1 is 0.608 bits per heavy atom. The van der Waals surface area contributed by atoms with Crippen molar-refractivity contribution in [2.75, 3.05) is 22.1 Å². The maximum atomic E-state index is 14.8. The van der Waals surface area contributed by atoms with Gasteiger partial charge in [-0.25, -0.2) is 50.3 Å². The average molecular weight is 1080 g/mol. The molecule has 14 nitrogen and oxygen atoms in total. The third-order valence-electron chi connectivity index (χ3n) is 10.4. The molecule has 9 rings (SSSR count). The first kappa shape index (κ1) is 57.5. The summed E-state index contributed by atoms with van der Waals surface area (Å²) in [4.78, 5) is 64.2. The monoisotopic (exact) mass is 1080 g/mol. The summed E-state index contributed by atoms with van der Waals surface area (Å²) in [7, 11) is 0. The number of anilines is 2. The second-order valence-corrected chi connectivity index (χ2v) is 17.6. The molecule has 2 aliphatic heterocycles. The summed E-state index contributed by atoms with van der Waals surface area (Å²) in [5.41, 5.74) is 2.40. The minimum atomic E-state index is -1.10. The van der Waals surface area contributed by atoms with Crippen LogP contribution >= 0.6 is 35.3 Å². The number of imidazole rings is 1. The molecule has 74 heavy (non-hydrogen) atoms. The van der Waals surface area contributed by atoms with Crippen LogP contribution < -0.4 is 20.8 Å². The quantitative estimate of drug-likeness (QED) is 0.0754. The van der Waals surface area contributed by atoms with Gasteiger partial charge in [0.2, 0.25) is 0 Å². The van der Waals surface area contributed by atoms with Crippen LogP contribution in [0.4, 0.5) is 47.3 Å². The third-order valence-corrected chi connectivity index (χ3v) is 13.0. The lowest BCUT2D eigenvalue weighted by atomic mass is 9.99. The maximum absolute atomic E-state index is 14.8. The number of hydrogen-bond acceptors (Lipinski definition) is 12. The largest absolute Gasteiger partial charge is 0.443 e. The molecule has 3 aromatic heterocycles. The number of aromatic nitrogens is 4. The molecule has 388 valence electrons. The summed E-state index contributed by atoms with van der Waals surface area (Å²) in [5, 5.41) is 7.63. The van der Waals surface area contributed by atoms with E-state index in [-0.39, 0.29) is 62.2 Å². The summed E-state index contributed by atoms with van der Waals surface area (Å²) in [5.74, 6) is -5.16. The van der Waals surface area contributed by atoms with Crippen molar-refractivity contribution in [1.29, 1.82) is 0 Å². The number of nitrogens with zero attached hydrogens (tertiary/aromatic N) is 4. The fourth-order valence-corrected chi connectivity index (χ4v) is 9.74. The van der Waals surface area contributed by atoms with Gasteiger partial charge in [-0.1, -0.05) is 27.0 Å². The first-order valence-corrected chi connectivity index (χ1v) is 23.8. The van der Waals surface area contributed by atoms with E-state index in [0.717, 1.165) is 30.3 Å². The molecule has 0 saturated heterocycles. The smallest absolute Gasteiger partial charge is 0.419 e. The van der Waals surface area contributed by atoms with Crippen LogP contribution in [0.3, 0.4) is 0 Å². The predicted octanol–water partition coefficient (Wildman–Crippen LogP) is 12.6. The topological polar surface area (TPSA) is 178 Å². The summed E-state index contributed by atoms with van der Waals surface area (Å²) in [6, 6.07) is 20.6. The van der Waals surface area contributed by atoms with Crippen LogP contribution in [-0.2, 0) is 22.7 Å². The molecule has 5 heterocycles. The molecule has 0 aliphatic carbocycles. The van der Waals surface area contributed by atoms with Crippen LogP contribution in [-0.4, -0.2) is 55.0 Å². The van der Waals surface area contributed by atoms with Gasteiger partial charge in [0.25, 0.3) is 11.8 Å². The number of rotatable bonds is 10. The van der Waals surface area contributed by atoms with Crippen molar-refractivity contribution in [2.24, 2.45) is 0 Å². The van der Waals surface area contributed by atoms with E-state index < -0.39 is 64.9 Å². The van der Waals surface area contributed by atoms with E-state index >= 15 is 0 Å². The van der Waals surface area contributed by atoms with E-state index in [1.165, 1.54) is 77.1 Å². The van der Waals surface area contributed by atoms with Gasteiger partial charge in [0, 0.05) is 75.0 Å². The van der Waals surface area contributed by atoms with Gasteiger partial charge in [0.15, 0.2) is 23.3 Å². The van der Waals surface area contributed by atoms with Gasteiger partial charge in [-0.3, -0.25) is 19.6 Å². The number of nitrogens with one attached hydrogen (secondary N) is 4. The van der Waals surface area contributed by atoms with Crippen LogP contribution in [0.15, 0.2) is 138 Å². The molecule has 0 radical (unpaired) electrons. The Labute approximate surface area is 435 Å². The van der Waals surface area contributed by atoms with Crippen molar-refractivity contribution in [1.82, 2.24) is 29.7 Å². The summed E-state index contributed by atoms with van der Waals surface area (Å²) in [6.45, 7) is 0.123. The highest BCUT2D eigenvalue weighted by Gasteiger charge is 2.31. The van der Waals surface area contributed by atoms with Gasteiger partial charge in [-0.2, -0.15) is 0 Å². The molecule has 2 unspecified atom stereocenters. The van der Waals surface area contributed by atoms with E-state index in [2.05, 4.69) is 35.7 Å². The number of halogens is 7. The van der Waals surface area contributed by atoms with Crippen molar-refractivity contribution in [3.8, 4) is 0 Å². The lowest BCUT2D eigenvalue weighted by Gasteiger charge is -2.27. The highest BCUT2D eigenvalue weighted by molar-refractivity contribution is 7.99. The summed E-state index contributed by atoms with van der Waals surface area (Å²) in [6.07, 6.45) is 7.53. The molecule has 0 spiro atoms. The fourth-order valence-electron chi connectivity index (χ4n) is 6.98. The lowest BCUT2D eigenvalue weighted by molar-refractivity contribution is 0.101. The molecule has 0 saturated carbocycles. The van der Waals surface area contributed by atoms with Crippen molar-refractivity contribution in [2.45, 2.75) is 62.8 Å². The molecular formula is C51H47ClF6N8O6S2. The number of amides is 3. The summed E-state index contributed by atoms with van der Waals surface area (Å²) >= 11 is 8.31. The molecule has 0 fully saturated rings. The standard InChI is InChI=1S/C23H18F3N3O3S.C16H12ClF3N2OS.C10H9N3O2.2CH4/c24-16-6-4-13(11-18(16)26)28-22(30)15-5-7-17(25)20-19(8-10-33-21(15)20)29-23(31)32-12-14-3-1-2-9-27-14;17-22-13-5-6-24-15-9(2-4-11(19)14(13)15)16(23)21-8-1-3-10(18)12(20)7-8;14-10(13-6-5-11-8-13)15-7-9-3-1-2-4-12-9;;/h1-7,9,11,19H,8,10,12H2,(H,28,30)(H,29,31);1-4,7,13,22H,5-6H2,(H,21,23);1-6,8H,7H2;2*1H4. The first-order valence-electron chi connectivity index (χ1n) is 21.5. The van der Waals surface area contributed by atoms with E-state index in [1.807, 2.05) is 6.07 Å². The van der Waals surface area contributed by atoms with Crippen molar-refractivity contribution in [3.63, 3.8) is 0 Å². The van der Waals surface area contributed by atoms with Gasteiger partial charge in [-0.15, -0.1) is 23.5 Å². The lowest BCUT2D eigenvalue weighted by Crippen LogP contribution is -2.32. The molecule has 2 aliphatic rings. The number of alkyl carbamates (subject to hydrolysis) is 1. The molecular weight excluding hydrogens is 1030 g/mol. The summed E-state index contributed by atoms with van der Waals surface area (Å²) < 4.78 is 93.2. The number of ether oxygens (including phenoxy) is 2. The third kappa shape index (κ3) is 15.1. The first-order chi connectivity index (χ1) is 34.8. The second-order valence-electron chi connectivity index (χ2n) is 15.2. The normalized spacial score (nSPS) is 14.0. The minimum Gasteiger partial charge on any atom is -0.443 e. The van der Waals surface area contributed by atoms with E-state index in [1.54, 1.807) is 42.7 Å². The number of pyridine rings is 2. The van der Waals surface area contributed by atoms with Gasteiger partial charge in [-0.05, 0) is 103 Å². The number of benzene rings is 4.